The Morgan fingerprint density at radius 1 is 1.05 bits per heavy atom. The molecular weight excluding hydrogens is 268 g/mol. The van der Waals surface area contributed by atoms with Crippen molar-refractivity contribution in [1.82, 2.24) is 9.62 Å². The van der Waals surface area contributed by atoms with Crippen molar-refractivity contribution >= 4 is 21.8 Å². The lowest BCUT2D eigenvalue weighted by atomic mass is 10.1. The number of hydrogen-bond donors (Lipinski definition) is 1. The molecule has 1 N–H and O–H groups in total. The van der Waals surface area contributed by atoms with Gasteiger partial charge in [0.2, 0.25) is 0 Å². The summed E-state index contributed by atoms with van der Waals surface area (Å²) in [7, 11) is -1.07. The zero-order chi connectivity index (χ0) is 13.9. The Kier molecular flexibility index (Phi) is 4.15. The van der Waals surface area contributed by atoms with Crippen molar-refractivity contribution < 1.29 is 4.21 Å². The van der Waals surface area contributed by atoms with Crippen molar-refractivity contribution in [3.8, 4) is 0 Å². The van der Waals surface area contributed by atoms with E-state index < -0.39 is 11.0 Å². The molecule has 1 unspecified atom stereocenters. The van der Waals surface area contributed by atoms with Crippen molar-refractivity contribution in [1.29, 1.82) is 0 Å². The molecule has 1 aliphatic rings. The molecule has 0 saturated carbocycles. The summed E-state index contributed by atoms with van der Waals surface area (Å²) in [5.74, 6) is 0. The maximum absolute atomic E-state index is 12.9. The van der Waals surface area contributed by atoms with Crippen molar-refractivity contribution in [2.45, 2.75) is 18.2 Å². The summed E-state index contributed by atoms with van der Waals surface area (Å²) in [5.41, 5.74) is 1.24. The van der Waals surface area contributed by atoms with Gasteiger partial charge in [0.1, 0.15) is 11.0 Å². The predicted octanol–water partition coefficient (Wildman–Crippen LogP) is 2.47. The lowest BCUT2D eigenvalue weighted by Gasteiger charge is -2.19. The van der Waals surface area contributed by atoms with Gasteiger partial charge < -0.3 is 5.32 Å². The average molecular weight is 288 g/mol. The van der Waals surface area contributed by atoms with Gasteiger partial charge in [-0.1, -0.05) is 30.3 Å². The molecule has 0 spiro atoms. The predicted molar refractivity (Wildman–Crippen MR) is 84.2 cm³/mol. The number of benzene rings is 2. The molecule has 1 atom stereocenters. The second kappa shape index (κ2) is 6.04. The summed E-state index contributed by atoms with van der Waals surface area (Å²) in [6.45, 7) is 5.76. The largest absolute Gasteiger partial charge is 0.315 e. The van der Waals surface area contributed by atoms with Gasteiger partial charge in [0, 0.05) is 19.6 Å². The fraction of sp³-hybridized carbons (Fsp3) is 0.375. The molecule has 1 saturated heterocycles. The van der Waals surface area contributed by atoms with Crippen LogP contribution in [0.4, 0.5) is 0 Å². The molecule has 1 heterocycles. The van der Waals surface area contributed by atoms with Crippen LogP contribution in [0.3, 0.4) is 0 Å². The third-order valence-corrected chi connectivity index (χ3v) is 5.39. The van der Waals surface area contributed by atoms with Gasteiger partial charge in [-0.25, -0.2) is 8.51 Å². The topological polar surface area (TPSA) is 32.3 Å². The maximum Gasteiger partial charge on any atom is 0.128 e. The third-order valence-electron chi connectivity index (χ3n) is 3.82. The lowest BCUT2D eigenvalue weighted by Crippen LogP contribution is -2.30. The highest BCUT2D eigenvalue weighted by Crippen LogP contribution is 2.25. The molecule has 3 nitrogen and oxygen atoms in total. The number of nitrogens with one attached hydrogen (secondary N) is 1. The zero-order valence-corrected chi connectivity index (χ0v) is 12.6. The van der Waals surface area contributed by atoms with Crippen LogP contribution in [0.2, 0.25) is 0 Å². The first-order chi connectivity index (χ1) is 9.77. The van der Waals surface area contributed by atoms with E-state index in [0.29, 0.717) is 0 Å². The molecule has 1 aliphatic heterocycles. The second-order valence-corrected chi connectivity index (χ2v) is 6.66. The smallest absolute Gasteiger partial charge is 0.128 e. The fourth-order valence-electron chi connectivity index (χ4n) is 2.72. The van der Waals surface area contributed by atoms with E-state index in [1.54, 1.807) is 0 Å². The molecule has 0 bridgehead atoms. The first-order valence-electron chi connectivity index (χ1n) is 7.13. The Morgan fingerprint density at radius 3 is 2.75 bits per heavy atom. The third kappa shape index (κ3) is 2.64. The normalized spacial score (nSPS) is 18.9. The van der Waals surface area contributed by atoms with Gasteiger partial charge in [-0.15, -0.1) is 0 Å². The van der Waals surface area contributed by atoms with E-state index >= 15 is 0 Å². The molecule has 0 amide bonds. The Hall–Kier alpha value is -1.23. The SMILES string of the molecule is Cc1cccc2c(S(=O)N3CCCNCC3)cccc12. The van der Waals surface area contributed by atoms with E-state index in [4.69, 9.17) is 0 Å². The van der Waals surface area contributed by atoms with Crippen molar-refractivity contribution in [3.05, 3.63) is 42.0 Å². The maximum atomic E-state index is 12.9. The molecular formula is C16H20N2OS. The highest BCUT2D eigenvalue weighted by Gasteiger charge is 2.18. The summed E-state index contributed by atoms with van der Waals surface area (Å²) in [6.07, 6.45) is 1.05. The molecule has 1 fully saturated rings. The quantitative estimate of drug-likeness (QED) is 0.920. The van der Waals surface area contributed by atoms with Crippen LogP contribution < -0.4 is 5.32 Å². The Labute approximate surface area is 122 Å². The Bertz CT molecular complexity index is 633. The number of rotatable bonds is 2. The minimum atomic E-state index is -1.07. The molecule has 20 heavy (non-hydrogen) atoms. The van der Waals surface area contributed by atoms with Gasteiger partial charge in [-0.3, -0.25) is 0 Å². The summed E-state index contributed by atoms with van der Waals surface area (Å²) >= 11 is 0. The number of hydrogen-bond acceptors (Lipinski definition) is 2. The summed E-state index contributed by atoms with van der Waals surface area (Å²) in [5, 5.41) is 5.67. The van der Waals surface area contributed by atoms with E-state index in [9.17, 15) is 4.21 Å². The Morgan fingerprint density at radius 2 is 1.85 bits per heavy atom. The van der Waals surface area contributed by atoms with E-state index in [-0.39, 0.29) is 0 Å². The van der Waals surface area contributed by atoms with Gasteiger partial charge in [0.15, 0.2) is 0 Å². The molecule has 106 valence electrons. The second-order valence-electron chi connectivity index (χ2n) is 5.21. The van der Waals surface area contributed by atoms with Crippen LogP contribution >= 0.6 is 0 Å². The van der Waals surface area contributed by atoms with Crippen molar-refractivity contribution in [2.24, 2.45) is 0 Å². The number of aryl methyl sites for hydroxylation is 1. The van der Waals surface area contributed by atoms with Gasteiger partial charge in [0.25, 0.3) is 0 Å². The van der Waals surface area contributed by atoms with Gasteiger partial charge in [0.05, 0.1) is 4.90 Å². The minimum Gasteiger partial charge on any atom is -0.315 e. The monoisotopic (exact) mass is 288 g/mol. The van der Waals surface area contributed by atoms with Crippen LogP contribution in [-0.4, -0.2) is 34.7 Å². The molecule has 0 aliphatic carbocycles. The van der Waals surface area contributed by atoms with Crippen LogP contribution in [0.25, 0.3) is 10.8 Å². The van der Waals surface area contributed by atoms with Gasteiger partial charge >= 0.3 is 0 Å². The highest BCUT2D eigenvalue weighted by molar-refractivity contribution is 7.83. The highest BCUT2D eigenvalue weighted by atomic mass is 32.2. The standard InChI is InChI=1S/C16H20N2OS/c1-13-5-2-7-15-14(13)6-3-8-16(15)20(19)18-11-4-9-17-10-12-18/h2-3,5-8,17H,4,9-12H2,1H3. The van der Waals surface area contributed by atoms with E-state index in [1.165, 1.54) is 10.9 Å². The molecule has 2 aromatic carbocycles. The van der Waals surface area contributed by atoms with Gasteiger partial charge in [-0.2, -0.15) is 0 Å². The zero-order valence-electron chi connectivity index (χ0n) is 11.8. The first kappa shape index (κ1) is 13.7. The fourth-order valence-corrected chi connectivity index (χ4v) is 4.11. The van der Waals surface area contributed by atoms with Crippen molar-refractivity contribution in [2.75, 3.05) is 26.2 Å². The summed E-state index contributed by atoms with van der Waals surface area (Å²) in [4.78, 5) is 0.938. The summed E-state index contributed by atoms with van der Waals surface area (Å²) < 4.78 is 15.0. The molecule has 2 aromatic rings. The Balaban J connectivity index is 2.01. The van der Waals surface area contributed by atoms with Gasteiger partial charge in [-0.05, 0) is 42.3 Å². The molecule has 4 heteroatoms. The van der Waals surface area contributed by atoms with E-state index in [1.807, 2.05) is 18.2 Å². The number of nitrogens with zero attached hydrogens (tertiary/aromatic N) is 1. The summed E-state index contributed by atoms with van der Waals surface area (Å²) in [6, 6.07) is 12.3. The average Bonchev–Trinajstić information content (AvgIpc) is 2.75. The van der Waals surface area contributed by atoms with Crippen LogP contribution in [0.5, 0.6) is 0 Å². The molecule has 0 radical (unpaired) electrons. The van der Waals surface area contributed by atoms with E-state index in [0.717, 1.165) is 42.9 Å². The molecule has 3 rings (SSSR count). The first-order valence-corrected chi connectivity index (χ1v) is 8.24. The number of fused-ring (bicyclic) bond motifs is 1. The minimum absolute atomic E-state index is 0.842. The van der Waals surface area contributed by atoms with Crippen LogP contribution in [0.15, 0.2) is 41.3 Å². The lowest BCUT2D eigenvalue weighted by molar-refractivity contribution is 0.471. The van der Waals surface area contributed by atoms with Crippen LogP contribution in [0.1, 0.15) is 12.0 Å². The van der Waals surface area contributed by atoms with Crippen LogP contribution in [-0.2, 0) is 11.0 Å². The van der Waals surface area contributed by atoms with E-state index in [2.05, 4.69) is 34.7 Å². The van der Waals surface area contributed by atoms with Crippen molar-refractivity contribution in [3.63, 3.8) is 0 Å². The molecule has 0 aromatic heterocycles. The van der Waals surface area contributed by atoms with Crippen LogP contribution in [0, 0.1) is 6.92 Å².